The first-order valence-electron chi connectivity index (χ1n) is 7.71. The molecule has 124 valence electrons. The SMILES string of the molecule is CC(=O)CC/C=C1\C=C(C)CN(S(=O)(=O)c2ccc(C)cc2)C1. The smallest absolute Gasteiger partial charge is 0.243 e. The fraction of sp³-hybridized carbons (Fsp3) is 0.389. The van der Waals surface area contributed by atoms with Gasteiger partial charge in [0.05, 0.1) is 4.90 Å². The van der Waals surface area contributed by atoms with E-state index in [4.69, 9.17) is 0 Å². The largest absolute Gasteiger partial charge is 0.300 e. The van der Waals surface area contributed by atoms with Crippen LogP contribution in [0.15, 0.2) is 52.5 Å². The molecule has 0 aliphatic carbocycles. The van der Waals surface area contributed by atoms with Crippen molar-refractivity contribution in [2.45, 2.75) is 38.5 Å². The lowest BCUT2D eigenvalue weighted by Crippen LogP contribution is -2.36. The Kier molecular flexibility index (Phi) is 5.55. The average Bonchev–Trinajstić information content (AvgIpc) is 2.46. The molecule has 0 N–H and O–H groups in total. The summed E-state index contributed by atoms with van der Waals surface area (Å²) in [6.45, 7) is 6.18. The quantitative estimate of drug-likeness (QED) is 0.831. The van der Waals surface area contributed by atoms with Gasteiger partial charge >= 0.3 is 0 Å². The third-order valence-corrected chi connectivity index (χ3v) is 5.58. The van der Waals surface area contributed by atoms with Gasteiger partial charge in [0.25, 0.3) is 0 Å². The molecule has 0 fully saturated rings. The van der Waals surface area contributed by atoms with Crippen LogP contribution in [0.5, 0.6) is 0 Å². The van der Waals surface area contributed by atoms with Gasteiger partial charge < -0.3 is 4.79 Å². The van der Waals surface area contributed by atoms with E-state index < -0.39 is 10.0 Å². The predicted molar refractivity (Wildman–Crippen MR) is 91.7 cm³/mol. The van der Waals surface area contributed by atoms with Crippen molar-refractivity contribution in [3.8, 4) is 0 Å². The van der Waals surface area contributed by atoms with Crippen LogP contribution in [0, 0.1) is 6.92 Å². The Balaban J connectivity index is 2.21. The summed E-state index contributed by atoms with van der Waals surface area (Å²) in [4.78, 5) is 11.4. The van der Waals surface area contributed by atoms with Crippen LogP contribution >= 0.6 is 0 Å². The zero-order valence-electron chi connectivity index (χ0n) is 13.9. The highest BCUT2D eigenvalue weighted by Gasteiger charge is 2.27. The molecule has 0 saturated heterocycles. The zero-order chi connectivity index (χ0) is 17.0. The maximum absolute atomic E-state index is 12.8. The van der Waals surface area contributed by atoms with Crippen LogP contribution in [0.4, 0.5) is 0 Å². The van der Waals surface area contributed by atoms with Gasteiger partial charge in [0.1, 0.15) is 5.78 Å². The van der Waals surface area contributed by atoms with Gasteiger partial charge in [0.2, 0.25) is 10.0 Å². The number of hydrogen-bond donors (Lipinski definition) is 0. The monoisotopic (exact) mass is 333 g/mol. The fourth-order valence-corrected chi connectivity index (χ4v) is 4.03. The van der Waals surface area contributed by atoms with Crippen LogP contribution < -0.4 is 0 Å². The number of Topliss-reactive ketones (excluding diaryl/α,β-unsaturated/α-hetero) is 1. The van der Waals surface area contributed by atoms with E-state index in [1.165, 1.54) is 4.31 Å². The van der Waals surface area contributed by atoms with Crippen molar-refractivity contribution < 1.29 is 13.2 Å². The summed E-state index contributed by atoms with van der Waals surface area (Å²) in [6.07, 6.45) is 5.11. The lowest BCUT2D eigenvalue weighted by molar-refractivity contribution is -0.116. The van der Waals surface area contributed by atoms with Crippen LogP contribution in [0.3, 0.4) is 0 Å². The molecule has 0 atom stereocenters. The van der Waals surface area contributed by atoms with Crippen LogP contribution in [-0.2, 0) is 14.8 Å². The van der Waals surface area contributed by atoms with Crippen LogP contribution in [0.25, 0.3) is 0 Å². The van der Waals surface area contributed by atoms with Crippen LogP contribution in [0.2, 0.25) is 0 Å². The van der Waals surface area contributed by atoms with Gasteiger partial charge in [-0.2, -0.15) is 4.31 Å². The summed E-state index contributed by atoms with van der Waals surface area (Å²) in [7, 11) is -3.50. The molecule has 1 aromatic carbocycles. The number of rotatable bonds is 5. The highest BCUT2D eigenvalue weighted by Crippen LogP contribution is 2.23. The highest BCUT2D eigenvalue weighted by atomic mass is 32.2. The minimum absolute atomic E-state index is 0.141. The summed E-state index contributed by atoms with van der Waals surface area (Å²) in [5.41, 5.74) is 2.98. The summed E-state index contributed by atoms with van der Waals surface area (Å²) >= 11 is 0. The number of allylic oxidation sites excluding steroid dienone is 1. The van der Waals surface area contributed by atoms with Crippen molar-refractivity contribution in [3.05, 3.63) is 53.1 Å². The van der Waals surface area contributed by atoms with Gasteiger partial charge in [-0.1, -0.05) is 35.4 Å². The van der Waals surface area contributed by atoms with Gasteiger partial charge in [-0.05, 0) is 44.9 Å². The Morgan fingerprint density at radius 3 is 2.43 bits per heavy atom. The number of carbonyl (C=O) groups excluding carboxylic acids is 1. The number of aryl methyl sites for hydroxylation is 1. The van der Waals surface area contributed by atoms with E-state index in [2.05, 4.69) is 0 Å². The van der Waals surface area contributed by atoms with Gasteiger partial charge in [-0.3, -0.25) is 0 Å². The minimum atomic E-state index is -3.50. The Morgan fingerprint density at radius 2 is 1.83 bits per heavy atom. The molecule has 1 heterocycles. The van der Waals surface area contributed by atoms with Crippen LogP contribution in [0.1, 0.15) is 32.3 Å². The number of carbonyl (C=O) groups is 1. The van der Waals surface area contributed by atoms with Crippen molar-refractivity contribution in [2.24, 2.45) is 0 Å². The number of benzene rings is 1. The molecule has 5 heteroatoms. The van der Waals surface area contributed by atoms with Crippen LogP contribution in [-0.4, -0.2) is 31.6 Å². The summed E-state index contributed by atoms with van der Waals surface area (Å²) in [6, 6.07) is 6.92. The van der Waals surface area contributed by atoms with E-state index >= 15 is 0 Å². The zero-order valence-corrected chi connectivity index (χ0v) is 14.7. The van der Waals surface area contributed by atoms with Gasteiger partial charge in [-0.25, -0.2) is 8.42 Å². The highest BCUT2D eigenvalue weighted by molar-refractivity contribution is 7.89. The Morgan fingerprint density at radius 1 is 1.17 bits per heavy atom. The van der Waals surface area contributed by atoms with Crippen molar-refractivity contribution in [1.29, 1.82) is 0 Å². The second kappa shape index (κ2) is 7.23. The first kappa shape index (κ1) is 17.6. The van der Waals surface area contributed by atoms with E-state index in [0.717, 1.165) is 16.7 Å². The van der Waals surface area contributed by atoms with E-state index in [9.17, 15) is 13.2 Å². The predicted octanol–water partition coefficient (Wildman–Crippen LogP) is 3.24. The van der Waals surface area contributed by atoms with Crippen molar-refractivity contribution in [3.63, 3.8) is 0 Å². The van der Waals surface area contributed by atoms with Gasteiger partial charge in [0, 0.05) is 19.5 Å². The molecule has 23 heavy (non-hydrogen) atoms. The molecule has 1 aliphatic rings. The molecular formula is C18H23NO3S. The molecule has 0 aromatic heterocycles. The lowest BCUT2D eigenvalue weighted by Gasteiger charge is -2.27. The first-order chi connectivity index (χ1) is 10.8. The van der Waals surface area contributed by atoms with E-state index in [1.54, 1.807) is 19.1 Å². The topological polar surface area (TPSA) is 54.5 Å². The molecule has 4 nitrogen and oxygen atoms in total. The standard InChI is InChI=1S/C18H23NO3S/c1-14-7-9-18(10-8-14)23(21,22)19-12-15(2)11-17(13-19)6-4-5-16(3)20/h6-11H,4-5,12-13H2,1-3H3/b17-6+. The van der Waals surface area contributed by atoms with Crippen molar-refractivity contribution >= 4 is 15.8 Å². The summed E-state index contributed by atoms with van der Waals surface area (Å²) < 4.78 is 27.1. The van der Waals surface area contributed by atoms with E-state index in [1.807, 2.05) is 38.1 Å². The Bertz CT molecular complexity index is 743. The Hall–Kier alpha value is -1.72. The molecule has 0 saturated carbocycles. The minimum Gasteiger partial charge on any atom is -0.300 e. The van der Waals surface area contributed by atoms with Gasteiger partial charge in [-0.15, -0.1) is 0 Å². The molecule has 1 aliphatic heterocycles. The molecular weight excluding hydrogens is 310 g/mol. The fourth-order valence-electron chi connectivity index (χ4n) is 2.56. The molecule has 0 unspecified atom stereocenters. The second-order valence-electron chi connectivity index (χ2n) is 6.10. The van der Waals surface area contributed by atoms with Crippen molar-refractivity contribution in [1.82, 2.24) is 4.31 Å². The first-order valence-corrected chi connectivity index (χ1v) is 9.15. The maximum atomic E-state index is 12.8. The summed E-state index contributed by atoms with van der Waals surface area (Å²) in [5.74, 6) is 0.141. The maximum Gasteiger partial charge on any atom is 0.243 e. The van der Waals surface area contributed by atoms with Gasteiger partial charge in [0.15, 0.2) is 0 Å². The molecule has 1 aromatic rings. The molecule has 0 amide bonds. The molecule has 0 radical (unpaired) electrons. The number of ketones is 1. The molecule has 2 rings (SSSR count). The number of sulfonamides is 1. The lowest BCUT2D eigenvalue weighted by atomic mass is 10.1. The summed E-state index contributed by atoms with van der Waals surface area (Å²) in [5, 5.41) is 0. The third-order valence-electron chi connectivity index (χ3n) is 3.78. The molecule has 0 bridgehead atoms. The number of nitrogens with zero attached hydrogens (tertiary/aromatic N) is 1. The number of hydrogen-bond acceptors (Lipinski definition) is 3. The average molecular weight is 333 g/mol. The second-order valence-corrected chi connectivity index (χ2v) is 8.03. The molecule has 0 spiro atoms. The third kappa shape index (κ3) is 4.62. The normalized spacial score (nSPS) is 18.0. The Labute approximate surface area is 138 Å². The van der Waals surface area contributed by atoms with Crippen molar-refractivity contribution in [2.75, 3.05) is 13.1 Å². The van der Waals surface area contributed by atoms with E-state index in [0.29, 0.717) is 30.8 Å². The van der Waals surface area contributed by atoms with E-state index in [-0.39, 0.29) is 5.78 Å².